The molecule has 0 saturated carbocycles. The molecule has 1 atom stereocenters. The van der Waals surface area contributed by atoms with E-state index in [1.165, 1.54) is 12.1 Å². The lowest BCUT2D eigenvalue weighted by Crippen LogP contribution is -2.17. The summed E-state index contributed by atoms with van der Waals surface area (Å²) < 4.78 is 37.8. The molecule has 0 aliphatic carbocycles. The lowest BCUT2D eigenvalue weighted by Gasteiger charge is -2.18. The molecule has 15 heavy (non-hydrogen) atoms. The van der Waals surface area contributed by atoms with E-state index in [4.69, 9.17) is 17.3 Å². The Morgan fingerprint density at radius 2 is 2.00 bits per heavy atom. The van der Waals surface area contributed by atoms with Crippen LogP contribution in [0.5, 0.6) is 0 Å². The Bertz CT molecular complexity index is 349. The first kappa shape index (κ1) is 12.3. The highest BCUT2D eigenvalue weighted by molar-refractivity contribution is 6.31. The molecule has 5 heteroatoms. The summed E-state index contributed by atoms with van der Waals surface area (Å²) in [6, 6.07) is 3.01. The molecule has 0 radical (unpaired) electrons. The van der Waals surface area contributed by atoms with Crippen molar-refractivity contribution in [3.05, 3.63) is 34.3 Å². The van der Waals surface area contributed by atoms with Crippen molar-refractivity contribution in [3.63, 3.8) is 0 Å². The maximum absolute atomic E-state index is 12.6. The lowest BCUT2D eigenvalue weighted by molar-refractivity contribution is -0.138. The molecule has 2 N–H and O–H groups in total. The molecule has 1 nitrogen and oxygen atoms in total. The molecule has 1 aromatic rings. The molecule has 0 spiro atoms. The second-order valence-corrected chi connectivity index (χ2v) is 3.62. The molecule has 0 fully saturated rings. The van der Waals surface area contributed by atoms with E-state index in [0.717, 1.165) is 6.07 Å². The summed E-state index contributed by atoms with van der Waals surface area (Å²) >= 11 is 5.73. The van der Waals surface area contributed by atoms with Crippen molar-refractivity contribution in [2.45, 2.75) is 25.6 Å². The van der Waals surface area contributed by atoms with Crippen LogP contribution in [0.1, 0.15) is 30.5 Å². The Balaban J connectivity index is 3.33. The van der Waals surface area contributed by atoms with Gasteiger partial charge in [0.15, 0.2) is 0 Å². The van der Waals surface area contributed by atoms with Crippen LogP contribution in [0.3, 0.4) is 0 Å². The van der Waals surface area contributed by atoms with Gasteiger partial charge in [0.1, 0.15) is 0 Å². The number of hydrogen-bond donors (Lipinski definition) is 1. The number of rotatable bonds is 2. The minimum Gasteiger partial charge on any atom is -0.324 e. The lowest BCUT2D eigenvalue weighted by atomic mass is 9.99. The maximum Gasteiger partial charge on any atom is 0.416 e. The molecule has 1 rings (SSSR count). The molecular weight excluding hydrogens is 227 g/mol. The van der Waals surface area contributed by atoms with Gasteiger partial charge in [-0.25, -0.2) is 0 Å². The predicted molar refractivity (Wildman–Crippen MR) is 53.7 cm³/mol. The van der Waals surface area contributed by atoms with Crippen molar-refractivity contribution in [2.24, 2.45) is 5.73 Å². The standard InChI is InChI=1S/C10H11ClF3N/c1-2-8(15)9-6(10(12,13)14)4-3-5-7(9)11/h3-5,8H,2,15H2,1H3/t8-/m1/s1. The van der Waals surface area contributed by atoms with E-state index in [0.29, 0.717) is 6.42 Å². The van der Waals surface area contributed by atoms with E-state index in [2.05, 4.69) is 0 Å². The Labute approximate surface area is 91.0 Å². The molecule has 0 aliphatic heterocycles. The van der Waals surface area contributed by atoms with Gasteiger partial charge < -0.3 is 5.73 Å². The molecule has 0 heterocycles. The number of benzene rings is 1. The van der Waals surface area contributed by atoms with Gasteiger partial charge in [0, 0.05) is 11.1 Å². The molecule has 0 aliphatic rings. The highest BCUT2D eigenvalue weighted by Crippen LogP contribution is 2.37. The number of hydrogen-bond acceptors (Lipinski definition) is 1. The minimum atomic E-state index is -4.41. The van der Waals surface area contributed by atoms with Gasteiger partial charge in [-0.15, -0.1) is 0 Å². The molecular formula is C10H11ClF3N. The third-order valence-corrected chi connectivity index (χ3v) is 2.50. The van der Waals surface area contributed by atoms with E-state index in [1.807, 2.05) is 0 Å². The van der Waals surface area contributed by atoms with Crippen molar-refractivity contribution in [2.75, 3.05) is 0 Å². The summed E-state index contributed by atoms with van der Waals surface area (Å²) in [6.45, 7) is 1.72. The fraction of sp³-hybridized carbons (Fsp3) is 0.400. The Kier molecular flexibility index (Phi) is 3.62. The Morgan fingerprint density at radius 3 is 2.47 bits per heavy atom. The van der Waals surface area contributed by atoms with Crippen molar-refractivity contribution in [1.29, 1.82) is 0 Å². The number of alkyl halides is 3. The quantitative estimate of drug-likeness (QED) is 0.833. The molecule has 0 amide bonds. The topological polar surface area (TPSA) is 26.0 Å². The average molecular weight is 238 g/mol. The summed E-state index contributed by atoms with van der Waals surface area (Å²) in [4.78, 5) is 0. The zero-order valence-electron chi connectivity index (χ0n) is 8.11. The first-order valence-electron chi connectivity index (χ1n) is 4.49. The van der Waals surface area contributed by atoms with Crippen molar-refractivity contribution >= 4 is 11.6 Å². The molecule has 0 unspecified atom stereocenters. The summed E-state index contributed by atoms with van der Waals surface area (Å²) in [5, 5.41) is 0.0687. The first-order valence-corrected chi connectivity index (χ1v) is 4.87. The van der Waals surface area contributed by atoms with Gasteiger partial charge in [-0.2, -0.15) is 13.2 Å². The third-order valence-electron chi connectivity index (χ3n) is 2.17. The number of halogens is 4. The van der Waals surface area contributed by atoms with E-state index in [1.54, 1.807) is 6.92 Å². The highest BCUT2D eigenvalue weighted by atomic mass is 35.5. The van der Waals surface area contributed by atoms with Gasteiger partial charge in [-0.3, -0.25) is 0 Å². The van der Waals surface area contributed by atoms with Crippen LogP contribution in [-0.4, -0.2) is 0 Å². The smallest absolute Gasteiger partial charge is 0.324 e. The second kappa shape index (κ2) is 4.41. The molecule has 0 bridgehead atoms. The third kappa shape index (κ3) is 2.63. The molecule has 0 aromatic heterocycles. The number of nitrogens with two attached hydrogens (primary N) is 1. The summed E-state index contributed by atoms with van der Waals surface area (Å²) in [6.07, 6.45) is -4.00. The predicted octanol–water partition coefficient (Wildman–Crippen LogP) is 3.77. The van der Waals surface area contributed by atoms with Gasteiger partial charge in [0.05, 0.1) is 5.56 Å². The SMILES string of the molecule is CC[C@@H](N)c1c(Cl)cccc1C(F)(F)F. The minimum absolute atomic E-state index is 0.0193. The van der Waals surface area contributed by atoms with Gasteiger partial charge in [0.2, 0.25) is 0 Å². The molecule has 0 saturated heterocycles. The van der Waals surface area contributed by atoms with Crippen molar-refractivity contribution in [3.8, 4) is 0 Å². The van der Waals surface area contributed by atoms with E-state index in [-0.39, 0.29) is 10.6 Å². The van der Waals surface area contributed by atoms with Crippen LogP contribution in [0.2, 0.25) is 5.02 Å². The summed E-state index contributed by atoms with van der Waals surface area (Å²) in [7, 11) is 0. The van der Waals surface area contributed by atoms with Crippen LogP contribution in [-0.2, 0) is 6.18 Å². The van der Waals surface area contributed by atoms with Crippen LogP contribution in [0, 0.1) is 0 Å². The van der Waals surface area contributed by atoms with Gasteiger partial charge in [0.25, 0.3) is 0 Å². The normalized spacial score (nSPS) is 14.0. The second-order valence-electron chi connectivity index (χ2n) is 3.21. The van der Waals surface area contributed by atoms with Crippen LogP contribution in [0.15, 0.2) is 18.2 Å². The van der Waals surface area contributed by atoms with Gasteiger partial charge in [-0.1, -0.05) is 24.6 Å². The van der Waals surface area contributed by atoms with E-state index >= 15 is 0 Å². The Morgan fingerprint density at radius 1 is 1.40 bits per heavy atom. The monoisotopic (exact) mass is 237 g/mol. The average Bonchev–Trinajstić information content (AvgIpc) is 2.15. The zero-order valence-corrected chi connectivity index (χ0v) is 8.86. The highest BCUT2D eigenvalue weighted by Gasteiger charge is 2.35. The van der Waals surface area contributed by atoms with Crippen LogP contribution in [0.4, 0.5) is 13.2 Å². The van der Waals surface area contributed by atoms with Gasteiger partial charge in [-0.05, 0) is 24.1 Å². The Hall–Kier alpha value is -0.740. The zero-order chi connectivity index (χ0) is 11.6. The van der Waals surface area contributed by atoms with E-state index in [9.17, 15) is 13.2 Å². The summed E-state index contributed by atoms with van der Waals surface area (Å²) in [5.41, 5.74) is 4.84. The fourth-order valence-corrected chi connectivity index (χ4v) is 1.68. The van der Waals surface area contributed by atoms with Gasteiger partial charge >= 0.3 is 6.18 Å². The molecule has 1 aromatic carbocycles. The van der Waals surface area contributed by atoms with Crippen LogP contribution in [0.25, 0.3) is 0 Å². The van der Waals surface area contributed by atoms with Crippen LogP contribution < -0.4 is 5.73 Å². The maximum atomic E-state index is 12.6. The fourth-order valence-electron chi connectivity index (χ4n) is 1.37. The van der Waals surface area contributed by atoms with Crippen molar-refractivity contribution < 1.29 is 13.2 Å². The summed E-state index contributed by atoms with van der Waals surface area (Å²) in [5.74, 6) is 0. The van der Waals surface area contributed by atoms with Crippen LogP contribution >= 0.6 is 11.6 Å². The largest absolute Gasteiger partial charge is 0.416 e. The first-order chi connectivity index (χ1) is 6.88. The van der Waals surface area contributed by atoms with E-state index < -0.39 is 17.8 Å². The van der Waals surface area contributed by atoms with Crippen molar-refractivity contribution in [1.82, 2.24) is 0 Å². The molecule has 84 valence electrons.